The van der Waals surface area contributed by atoms with Gasteiger partial charge in [-0.2, -0.15) is 5.10 Å². The first kappa shape index (κ1) is 11.4. The molecule has 1 atom stereocenters. The van der Waals surface area contributed by atoms with Crippen LogP contribution in [0.25, 0.3) is 0 Å². The molecule has 2 aliphatic rings. The number of hydrogen-bond donors (Lipinski definition) is 0. The first-order valence-electron chi connectivity index (χ1n) is 6.59. The van der Waals surface area contributed by atoms with E-state index in [1.807, 2.05) is 19.1 Å². The predicted molar refractivity (Wildman–Crippen MR) is 69.0 cm³/mol. The largest absolute Gasteiger partial charge is 0.272 e. The van der Waals surface area contributed by atoms with Gasteiger partial charge in [0, 0.05) is 18.0 Å². The fraction of sp³-hybridized carbons (Fsp3) is 0.500. The highest BCUT2D eigenvalue weighted by Gasteiger charge is 2.37. The molecular formula is C14H17N3O. The molecule has 4 nitrogen and oxygen atoms in total. The molecule has 1 aliphatic heterocycles. The molecule has 3 rings (SSSR count). The first-order valence-corrected chi connectivity index (χ1v) is 6.59. The van der Waals surface area contributed by atoms with E-state index in [4.69, 9.17) is 0 Å². The Hall–Kier alpha value is -1.71. The van der Waals surface area contributed by atoms with Crippen LogP contribution in [0.15, 0.2) is 29.6 Å². The lowest BCUT2D eigenvalue weighted by molar-refractivity contribution is -0.133. The summed E-state index contributed by atoms with van der Waals surface area (Å²) in [5.41, 5.74) is 1.82. The number of amides is 1. The summed E-state index contributed by atoms with van der Waals surface area (Å²) in [5.74, 6) is -0.00412. The van der Waals surface area contributed by atoms with Crippen molar-refractivity contribution >= 4 is 11.6 Å². The average molecular weight is 243 g/mol. The van der Waals surface area contributed by atoms with E-state index >= 15 is 0 Å². The predicted octanol–water partition coefficient (Wildman–Crippen LogP) is 2.21. The molecule has 0 bridgehead atoms. The van der Waals surface area contributed by atoms with Gasteiger partial charge in [0.2, 0.25) is 0 Å². The summed E-state index contributed by atoms with van der Waals surface area (Å²) in [6.45, 7) is 1.93. The Morgan fingerprint density at radius 2 is 2.11 bits per heavy atom. The fourth-order valence-corrected chi connectivity index (χ4v) is 2.80. The van der Waals surface area contributed by atoms with E-state index in [-0.39, 0.29) is 11.8 Å². The quantitative estimate of drug-likeness (QED) is 0.799. The van der Waals surface area contributed by atoms with Crippen LogP contribution in [-0.4, -0.2) is 27.7 Å². The lowest BCUT2D eigenvalue weighted by Gasteiger charge is -2.19. The number of hydrazone groups is 1. The second kappa shape index (κ2) is 4.52. The fourth-order valence-electron chi connectivity index (χ4n) is 2.80. The number of rotatable bonds is 2. The Morgan fingerprint density at radius 3 is 2.78 bits per heavy atom. The molecule has 2 heterocycles. The van der Waals surface area contributed by atoms with Gasteiger partial charge in [0.1, 0.15) is 0 Å². The Morgan fingerprint density at radius 1 is 1.33 bits per heavy atom. The molecule has 0 N–H and O–H groups in total. The van der Waals surface area contributed by atoms with Crippen molar-refractivity contribution in [3.63, 3.8) is 0 Å². The van der Waals surface area contributed by atoms with E-state index in [2.05, 4.69) is 10.1 Å². The zero-order chi connectivity index (χ0) is 12.5. The summed E-state index contributed by atoms with van der Waals surface area (Å²) in [7, 11) is 0. The molecule has 18 heavy (non-hydrogen) atoms. The number of nitrogens with zero attached hydrogens (tertiary/aromatic N) is 3. The van der Waals surface area contributed by atoms with Crippen LogP contribution < -0.4 is 0 Å². The van der Waals surface area contributed by atoms with Crippen LogP contribution in [0.5, 0.6) is 0 Å². The van der Waals surface area contributed by atoms with Crippen LogP contribution >= 0.6 is 0 Å². The lowest BCUT2D eigenvalue weighted by atomic mass is 10.00. The van der Waals surface area contributed by atoms with Crippen LogP contribution in [-0.2, 0) is 4.79 Å². The topological polar surface area (TPSA) is 45.6 Å². The van der Waals surface area contributed by atoms with Crippen LogP contribution in [0, 0.1) is 5.92 Å². The minimum atomic E-state index is -0.144. The summed E-state index contributed by atoms with van der Waals surface area (Å²) in [6.07, 6.45) is 8.10. The van der Waals surface area contributed by atoms with Crippen LogP contribution in [0.1, 0.15) is 38.2 Å². The standard InChI is InChI=1S/C14H17N3O/c1-10-13(11-5-4-8-15-9-11)16-17(14(10)18)12-6-2-3-7-12/h4-5,8-10,12H,2-3,6-7H2,1H3. The molecular weight excluding hydrogens is 226 g/mol. The maximum absolute atomic E-state index is 12.3. The maximum Gasteiger partial charge on any atom is 0.251 e. The zero-order valence-corrected chi connectivity index (χ0v) is 10.5. The van der Waals surface area contributed by atoms with Crippen LogP contribution in [0.2, 0.25) is 0 Å². The van der Waals surface area contributed by atoms with Gasteiger partial charge in [-0.1, -0.05) is 12.8 Å². The molecule has 1 aromatic heterocycles. The molecule has 94 valence electrons. The number of pyridine rings is 1. The smallest absolute Gasteiger partial charge is 0.251 e. The van der Waals surface area contributed by atoms with E-state index in [1.165, 1.54) is 12.8 Å². The highest BCUT2D eigenvalue weighted by molar-refractivity contribution is 6.15. The van der Waals surface area contributed by atoms with Crippen molar-refractivity contribution in [2.75, 3.05) is 0 Å². The zero-order valence-electron chi connectivity index (χ0n) is 10.5. The van der Waals surface area contributed by atoms with Gasteiger partial charge in [-0.25, -0.2) is 5.01 Å². The van der Waals surface area contributed by atoms with E-state index in [1.54, 1.807) is 17.4 Å². The van der Waals surface area contributed by atoms with E-state index in [9.17, 15) is 4.79 Å². The minimum absolute atomic E-state index is 0.140. The molecule has 1 unspecified atom stereocenters. The van der Waals surface area contributed by atoms with E-state index in [0.717, 1.165) is 24.1 Å². The lowest BCUT2D eigenvalue weighted by Crippen LogP contribution is -2.33. The Balaban J connectivity index is 1.90. The Kier molecular flexibility index (Phi) is 2.86. The van der Waals surface area contributed by atoms with Crippen LogP contribution in [0.3, 0.4) is 0 Å². The van der Waals surface area contributed by atoms with Gasteiger partial charge in [-0.3, -0.25) is 9.78 Å². The van der Waals surface area contributed by atoms with Crippen molar-refractivity contribution in [2.24, 2.45) is 11.0 Å². The number of carbonyl (C=O) groups excluding carboxylic acids is 1. The van der Waals surface area contributed by atoms with Crippen molar-refractivity contribution < 1.29 is 4.79 Å². The van der Waals surface area contributed by atoms with Gasteiger partial charge in [0.05, 0.1) is 17.7 Å². The summed E-state index contributed by atoms with van der Waals surface area (Å²) in [4.78, 5) is 16.4. The molecule has 1 amide bonds. The summed E-state index contributed by atoms with van der Waals surface area (Å²) in [5, 5.41) is 6.28. The van der Waals surface area contributed by atoms with Crippen molar-refractivity contribution in [2.45, 2.75) is 38.6 Å². The average Bonchev–Trinajstić information content (AvgIpc) is 3.01. The molecule has 1 aromatic rings. The number of carbonyl (C=O) groups is 1. The first-order chi connectivity index (χ1) is 8.77. The van der Waals surface area contributed by atoms with Crippen molar-refractivity contribution in [3.8, 4) is 0 Å². The maximum atomic E-state index is 12.3. The second-order valence-corrected chi connectivity index (χ2v) is 5.07. The molecule has 0 spiro atoms. The van der Waals surface area contributed by atoms with Gasteiger partial charge >= 0.3 is 0 Å². The van der Waals surface area contributed by atoms with Crippen molar-refractivity contribution in [3.05, 3.63) is 30.1 Å². The molecule has 1 aliphatic carbocycles. The van der Waals surface area contributed by atoms with Crippen molar-refractivity contribution in [1.82, 2.24) is 9.99 Å². The molecule has 1 saturated carbocycles. The Labute approximate surface area is 107 Å². The van der Waals surface area contributed by atoms with Gasteiger partial charge in [0.15, 0.2) is 0 Å². The normalized spacial score (nSPS) is 24.7. The monoisotopic (exact) mass is 243 g/mol. The summed E-state index contributed by atoms with van der Waals surface area (Å²) >= 11 is 0. The number of hydrogen-bond acceptors (Lipinski definition) is 3. The molecule has 4 heteroatoms. The van der Waals surface area contributed by atoms with Gasteiger partial charge < -0.3 is 0 Å². The molecule has 0 aromatic carbocycles. The third-order valence-electron chi connectivity index (χ3n) is 3.85. The van der Waals surface area contributed by atoms with Gasteiger partial charge in [-0.15, -0.1) is 0 Å². The summed E-state index contributed by atoms with van der Waals surface area (Å²) < 4.78 is 0. The molecule has 1 fully saturated rings. The van der Waals surface area contributed by atoms with E-state index in [0.29, 0.717) is 6.04 Å². The van der Waals surface area contributed by atoms with Crippen LogP contribution in [0.4, 0.5) is 0 Å². The van der Waals surface area contributed by atoms with E-state index < -0.39 is 0 Å². The highest BCUT2D eigenvalue weighted by atomic mass is 16.2. The van der Waals surface area contributed by atoms with Gasteiger partial charge in [-0.05, 0) is 31.9 Å². The molecule has 0 saturated heterocycles. The molecule has 0 radical (unpaired) electrons. The second-order valence-electron chi connectivity index (χ2n) is 5.07. The third kappa shape index (κ3) is 1.82. The summed E-state index contributed by atoms with van der Waals surface area (Å²) in [6, 6.07) is 4.16. The minimum Gasteiger partial charge on any atom is -0.272 e. The van der Waals surface area contributed by atoms with Crippen molar-refractivity contribution in [1.29, 1.82) is 0 Å². The van der Waals surface area contributed by atoms with Gasteiger partial charge in [0.25, 0.3) is 5.91 Å². The third-order valence-corrected chi connectivity index (χ3v) is 3.85. The SMILES string of the molecule is CC1C(=O)N(C2CCCC2)N=C1c1cccnc1. The number of aromatic nitrogens is 1. The Bertz CT molecular complexity index is 477. The highest BCUT2D eigenvalue weighted by Crippen LogP contribution is 2.29.